The average molecular weight is 233 g/mol. The Bertz CT molecular complexity index is 409. The van der Waals surface area contributed by atoms with E-state index < -0.39 is 0 Å². The summed E-state index contributed by atoms with van der Waals surface area (Å²) in [5, 5.41) is 0. The first-order valence-electron chi connectivity index (χ1n) is 6.24. The van der Waals surface area contributed by atoms with E-state index in [0.29, 0.717) is 11.3 Å². The number of carbonyl (C=O) groups excluding carboxylic acids is 1. The second kappa shape index (κ2) is 5.21. The van der Waals surface area contributed by atoms with E-state index in [2.05, 4.69) is 0 Å². The molecular formula is C14H19NO2. The lowest BCUT2D eigenvalue weighted by atomic mass is 9.97. The lowest BCUT2D eigenvalue weighted by Gasteiger charge is -2.22. The summed E-state index contributed by atoms with van der Waals surface area (Å²) >= 11 is 0. The van der Waals surface area contributed by atoms with Crippen LogP contribution in [0.25, 0.3) is 0 Å². The van der Waals surface area contributed by atoms with Crippen molar-refractivity contribution in [1.82, 2.24) is 0 Å². The van der Waals surface area contributed by atoms with Crippen molar-refractivity contribution in [2.24, 2.45) is 0 Å². The van der Waals surface area contributed by atoms with Crippen molar-refractivity contribution in [3.8, 4) is 0 Å². The van der Waals surface area contributed by atoms with E-state index in [9.17, 15) is 4.79 Å². The molecule has 0 atom stereocenters. The molecule has 1 aromatic rings. The molecular weight excluding hydrogens is 214 g/mol. The first-order valence-corrected chi connectivity index (χ1v) is 6.24. The van der Waals surface area contributed by atoms with Gasteiger partial charge in [0.1, 0.15) is 6.10 Å². The van der Waals surface area contributed by atoms with Crippen molar-refractivity contribution in [1.29, 1.82) is 0 Å². The monoisotopic (exact) mass is 233 g/mol. The molecule has 0 spiro atoms. The summed E-state index contributed by atoms with van der Waals surface area (Å²) in [4.78, 5) is 12.0. The quantitative estimate of drug-likeness (QED) is 0.631. The number of anilines is 1. The summed E-state index contributed by atoms with van der Waals surface area (Å²) in [6.45, 7) is 1.88. The second-order valence-electron chi connectivity index (χ2n) is 4.74. The summed E-state index contributed by atoms with van der Waals surface area (Å²) < 4.78 is 5.52. The molecule has 1 aliphatic rings. The number of ether oxygens (including phenoxy) is 1. The highest BCUT2D eigenvalue weighted by atomic mass is 16.5. The van der Waals surface area contributed by atoms with E-state index in [1.54, 1.807) is 18.2 Å². The average Bonchev–Trinajstić information content (AvgIpc) is 2.30. The molecule has 0 aliphatic heterocycles. The van der Waals surface area contributed by atoms with Crippen LogP contribution >= 0.6 is 0 Å². The molecule has 1 saturated carbocycles. The Labute approximate surface area is 102 Å². The fourth-order valence-electron chi connectivity index (χ4n) is 2.31. The van der Waals surface area contributed by atoms with Crippen LogP contribution in [0.15, 0.2) is 18.2 Å². The molecule has 0 amide bonds. The van der Waals surface area contributed by atoms with Gasteiger partial charge in [-0.3, -0.25) is 0 Å². The van der Waals surface area contributed by atoms with Crippen LogP contribution in [0.1, 0.15) is 48.0 Å². The van der Waals surface area contributed by atoms with Gasteiger partial charge in [-0.05, 0) is 56.4 Å². The Morgan fingerprint density at radius 3 is 2.65 bits per heavy atom. The number of nitrogens with two attached hydrogens (primary N) is 1. The van der Waals surface area contributed by atoms with Gasteiger partial charge in [0.15, 0.2) is 0 Å². The molecule has 2 rings (SSSR count). The molecule has 0 heterocycles. The van der Waals surface area contributed by atoms with Crippen LogP contribution in [0, 0.1) is 6.92 Å². The summed E-state index contributed by atoms with van der Waals surface area (Å²) in [5.41, 5.74) is 7.85. The highest BCUT2D eigenvalue weighted by Gasteiger charge is 2.19. The topological polar surface area (TPSA) is 52.3 Å². The van der Waals surface area contributed by atoms with Crippen molar-refractivity contribution in [2.75, 3.05) is 5.73 Å². The molecule has 92 valence electrons. The largest absolute Gasteiger partial charge is 0.459 e. The molecule has 3 nitrogen and oxygen atoms in total. The van der Waals surface area contributed by atoms with Crippen LogP contribution in [0.5, 0.6) is 0 Å². The minimum Gasteiger partial charge on any atom is -0.459 e. The molecule has 3 heteroatoms. The lowest BCUT2D eigenvalue weighted by molar-refractivity contribution is 0.0210. The maximum atomic E-state index is 12.0. The van der Waals surface area contributed by atoms with Gasteiger partial charge in [-0.2, -0.15) is 0 Å². The van der Waals surface area contributed by atoms with Crippen LogP contribution in [-0.4, -0.2) is 12.1 Å². The highest BCUT2D eigenvalue weighted by Crippen LogP contribution is 2.22. The molecule has 2 N–H and O–H groups in total. The van der Waals surface area contributed by atoms with Crippen molar-refractivity contribution in [3.05, 3.63) is 29.3 Å². The van der Waals surface area contributed by atoms with E-state index in [4.69, 9.17) is 10.5 Å². The van der Waals surface area contributed by atoms with Crippen LogP contribution in [0.4, 0.5) is 5.69 Å². The molecule has 0 radical (unpaired) electrons. The normalized spacial score (nSPS) is 16.8. The molecule has 1 fully saturated rings. The Balaban J connectivity index is 2.03. The number of hydrogen-bond donors (Lipinski definition) is 1. The van der Waals surface area contributed by atoms with Crippen molar-refractivity contribution >= 4 is 11.7 Å². The van der Waals surface area contributed by atoms with Gasteiger partial charge in [-0.15, -0.1) is 0 Å². The summed E-state index contributed by atoms with van der Waals surface area (Å²) in [6, 6.07) is 5.29. The minimum absolute atomic E-state index is 0.105. The highest BCUT2D eigenvalue weighted by molar-refractivity contribution is 5.91. The number of benzene rings is 1. The number of esters is 1. The minimum atomic E-state index is -0.214. The molecule has 0 saturated heterocycles. The standard InChI is InChI=1S/C14H19NO2/c1-10-9-11(15)7-8-13(10)14(16)17-12-5-3-2-4-6-12/h7-9,12H,2-6,15H2,1H3. The van der Waals surface area contributed by atoms with Gasteiger partial charge in [-0.1, -0.05) is 6.42 Å². The van der Waals surface area contributed by atoms with Gasteiger partial charge in [0.25, 0.3) is 0 Å². The third-order valence-corrected chi connectivity index (χ3v) is 3.30. The van der Waals surface area contributed by atoms with Crippen LogP contribution < -0.4 is 5.73 Å². The Hall–Kier alpha value is -1.51. The molecule has 1 aromatic carbocycles. The van der Waals surface area contributed by atoms with E-state index in [-0.39, 0.29) is 12.1 Å². The zero-order valence-electron chi connectivity index (χ0n) is 10.2. The number of carbonyl (C=O) groups is 1. The maximum absolute atomic E-state index is 12.0. The van der Waals surface area contributed by atoms with Gasteiger partial charge >= 0.3 is 5.97 Å². The van der Waals surface area contributed by atoms with E-state index >= 15 is 0 Å². The fourth-order valence-corrected chi connectivity index (χ4v) is 2.31. The summed E-state index contributed by atoms with van der Waals surface area (Å²) in [5.74, 6) is -0.214. The third kappa shape index (κ3) is 2.99. The Kier molecular flexibility index (Phi) is 3.67. The van der Waals surface area contributed by atoms with Crippen LogP contribution in [0.2, 0.25) is 0 Å². The Morgan fingerprint density at radius 2 is 2.00 bits per heavy atom. The van der Waals surface area contributed by atoms with Gasteiger partial charge in [0.2, 0.25) is 0 Å². The fraction of sp³-hybridized carbons (Fsp3) is 0.500. The summed E-state index contributed by atoms with van der Waals surface area (Å²) in [6.07, 6.45) is 5.69. The maximum Gasteiger partial charge on any atom is 0.338 e. The van der Waals surface area contributed by atoms with Gasteiger partial charge < -0.3 is 10.5 Å². The lowest BCUT2D eigenvalue weighted by Crippen LogP contribution is -2.21. The molecule has 0 aromatic heterocycles. The zero-order valence-corrected chi connectivity index (χ0v) is 10.2. The van der Waals surface area contributed by atoms with Crippen molar-refractivity contribution in [3.63, 3.8) is 0 Å². The number of rotatable bonds is 2. The first kappa shape index (κ1) is 12.0. The smallest absolute Gasteiger partial charge is 0.338 e. The predicted octanol–water partition coefficient (Wildman–Crippen LogP) is 3.07. The number of nitrogen functional groups attached to an aromatic ring is 1. The predicted molar refractivity (Wildman–Crippen MR) is 67.9 cm³/mol. The number of aryl methyl sites for hydroxylation is 1. The molecule has 0 unspecified atom stereocenters. The number of hydrogen-bond acceptors (Lipinski definition) is 3. The van der Waals surface area contributed by atoms with E-state index in [1.807, 2.05) is 6.92 Å². The van der Waals surface area contributed by atoms with Gasteiger partial charge in [0.05, 0.1) is 5.56 Å². The van der Waals surface area contributed by atoms with E-state index in [1.165, 1.54) is 19.3 Å². The zero-order chi connectivity index (χ0) is 12.3. The Morgan fingerprint density at radius 1 is 1.29 bits per heavy atom. The molecule has 17 heavy (non-hydrogen) atoms. The SMILES string of the molecule is Cc1cc(N)ccc1C(=O)OC1CCCCC1. The van der Waals surface area contributed by atoms with E-state index in [0.717, 1.165) is 18.4 Å². The second-order valence-corrected chi connectivity index (χ2v) is 4.74. The van der Waals surface area contributed by atoms with Crippen LogP contribution in [-0.2, 0) is 4.74 Å². The van der Waals surface area contributed by atoms with Crippen molar-refractivity contribution in [2.45, 2.75) is 45.1 Å². The van der Waals surface area contributed by atoms with Crippen LogP contribution in [0.3, 0.4) is 0 Å². The van der Waals surface area contributed by atoms with Crippen molar-refractivity contribution < 1.29 is 9.53 Å². The molecule has 1 aliphatic carbocycles. The van der Waals surface area contributed by atoms with Gasteiger partial charge in [-0.25, -0.2) is 4.79 Å². The third-order valence-electron chi connectivity index (χ3n) is 3.30. The molecule has 0 bridgehead atoms. The first-order chi connectivity index (χ1) is 8.16. The summed E-state index contributed by atoms with van der Waals surface area (Å²) in [7, 11) is 0. The van der Waals surface area contributed by atoms with Gasteiger partial charge in [0, 0.05) is 5.69 Å².